The van der Waals surface area contributed by atoms with Crippen molar-refractivity contribution in [2.24, 2.45) is 5.92 Å². The highest BCUT2D eigenvalue weighted by Crippen LogP contribution is 2.26. The number of piperidine rings is 1. The summed E-state index contributed by atoms with van der Waals surface area (Å²) < 4.78 is 0. The number of nitrogens with zero attached hydrogens (tertiary/aromatic N) is 1. The van der Waals surface area contributed by atoms with Crippen LogP contribution < -0.4 is 5.73 Å². The van der Waals surface area contributed by atoms with Crippen LogP contribution in [0.15, 0.2) is 18.2 Å². The first-order valence-corrected chi connectivity index (χ1v) is 6.45. The summed E-state index contributed by atoms with van der Waals surface area (Å²) >= 11 is 6.04. The van der Waals surface area contributed by atoms with Crippen LogP contribution in [-0.2, 0) is 0 Å². The Morgan fingerprint density at radius 2 is 2.33 bits per heavy atom. The molecule has 5 heteroatoms. The molecule has 18 heavy (non-hydrogen) atoms. The van der Waals surface area contributed by atoms with Gasteiger partial charge in [0.2, 0.25) is 0 Å². The molecule has 1 fully saturated rings. The number of hydrogen-bond acceptors (Lipinski definition) is 3. The molecule has 1 aliphatic heterocycles. The molecule has 98 valence electrons. The van der Waals surface area contributed by atoms with Crippen LogP contribution >= 0.6 is 11.6 Å². The fraction of sp³-hybridized carbons (Fsp3) is 0.462. The maximum Gasteiger partial charge on any atom is 0.257 e. The second kappa shape index (κ2) is 5.59. The number of anilines is 1. The van der Waals surface area contributed by atoms with Gasteiger partial charge >= 0.3 is 0 Å². The normalized spacial score (nSPS) is 19.9. The van der Waals surface area contributed by atoms with Crippen LogP contribution in [0.25, 0.3) is 0 Å². The number of benzene rings is 1. The summed E-state index contributed by atoms with van der Waals surface area (Å²) in [7, 11) is 0. The number of carbonyl (C=O) groups excluding carboxylic acids is 1. The third kappa shape index (κ3) is 2.60. The largest absolute Gasteiger partial charge is 0.398 e. The van der Waals surface area contributed by atoms with Gasteiger partial charge in [-0.15, -0.1) is 0 Å². The van der Waals surface area contributed by atoms with E-state index in [1.54, 1.807) is 23.1 Å². The van der Waals surface area contributed by atoms with Gasteiger partial charge in [-0.05, 0) is 30.9 Å². The molecule has 1 atom stereocenters. The zero-order chi connectivity index (χ0) is 13.1. The highest BCUT2D eigenvalue weighted by atomic mass is 35.5. The fourth-order valence-corrected chi connectivity index (χ4v) is 2.59. The molecule has 1 aliphatic rings. The Balaban J connectivity index is 2.20. The molecule has 0 radical (unpaired) electrons. The first-order chi connectivity index (χ1) is 8.63. The number of halogens is 1. The molecule has 1 saturated heterocycles. The van der Waals surface area contributed by atoms with Gasteiger partial charge in [0.25, 0.3) is 5.91 Å². The lowest BCUT2D eigenvalue weighted by atomic mass is 9.98. The van der Waals surface area contributed by atoms with Crippen LogP contribution in [0.4, 0.5) is 5.69 Å². The molecule has 1 aromatic carbocycles. The van der Waals surface area contributed by atoms with E-state index in [2.05, 4.69) is 0 Å². The van der Waals surface area contributed by atoms with E-state index in [4.69, 9.17) is 17.3 Å². The molecule has 4 nitrogen and oxygen atoms in total. The summed E-state index contributed by atoms with van der Waals surface area (Å²) in [5.74, 6) is 0.0164. The molecular formula is C13H17ClN2O2. The average Bonchev–Trinajstić information content (AvgIpc) is 2.38. The van der Waals surface area contributed by atoms with Gasteiger partial charge in [0.05, 0.1) is 10.6 Å². The number of likely N-dealkylation sites (tertiary alicyclic amines) is 1. The quantitative estimate of drug-likeness (QED) is 0.804. The summed E-state index contributed by atoms with van der Waals surface area (Å²) in [5.41, 5.74) is 6.59. The van der Waals surface area contributed by atoms with E-state index in [1.165, 1.54) is 0 Å². The molecule has 2 rings (SSSR count). The van der Waals surface area contributed by atoms with E-state index >= 15 is 0 Å². The lowest BCUT2D eigenvalue weighted by Crippen LogP contribution is -2.41. The van der Waals surface area contributed by atoms with Crippen LogP contribution in [0.5, 0.6) is 0 Å². The van der Waals surface area contributed by atoms with Gasteiger partial charge in [-0.1, -0.05) is 17.7 Å². The van der Waals surface area contributed by atoms with Crippen molar-refractivity contribution in [3.63, 3.8) is 0 Å². The maximum absolute atomic E-state index is 12.4. The summed E-state index contributed by atoms with van der Waals surface area (Å²) in [6.45, 7) is 1.38. The monoisotopic (exact) mass is 268 g/mol. The van der Waals surface area contributed by atoms with E-state index in [1.807, 2.05) is 0 Å². The third-order valence-electron chi connectivity index (χ3n) is 3.32. The summed E-state index contributed by atoms with van der Waals surface area (Å²) in [5, 5.41) is 9.56. The number of amides is 1. The SMILES string of the molecule is Nc1cccc(Cl)c1C(=O)N1CCCC(CO)C1. The average molecular weight is 269 g/mol. The molecule has 1 unspecified atom stereocenters. The molecule has 0 saturated carbocycles. The number of aliphatic hydroxyl groups is 1. The predicted octanol–water partition coefficient (Wildman–Crippen LogP) is 1.77. The second-order valence-electron chi connectivity index (χ2n) is 4.65. The lowest BCUT2D eigenvalue weighted by molar-refractivity contribution is 0.0622. The first-order valence-electron chi connectivity index (χ1n) is 6.07. The van der Waals surface area contributed by atoms with Crippen LogP contribution in [0.3, 0.4) is 0 Å². The van der Waals surface area contributed by atoms with Gasteiger partial charge < -0.3 is 15.7 Å². The molecule has 1 amide bonds. The van der Waals surface area contributed by atoms with Crippen molar-refractivity contribution in [3.05, 3.63) is 28.8 Å². The number of nitrogen functional groups attached to an aromatic ring is 1. The Kier molecular flexibility index (Phi) is 4.09. The van der Waals surface area contributed by atoms with Gasteiger partial charge in [-0.2, -0.15) is 0 Å². The van der Waals surface area contributed by atoms with Gasteiger partial charge in [0, 0.05) is 25.4 Å². The molecule has 1 aromatic rings. The molecular weight excluding hydrogens is 252 g/mol. The summed E-state index contributed by atoms with van der Waals surface area (Å²) in [6, 6.07) is 5.06. The van der Waals surface area contributed by atoms with Crippen molar-refractivity contribution in [2.75, 3.05) is 25.4 Å². The van der Waals surface area contributed by atoms with Gasteiger partial charge in [0.15, 0.2) is 0 Å². The van der Waals surface area contributed by atoms with E-state index in [0.29, 0.717) is 29.4 Å². The lowest BCUT2D eigenvalue weighted by Gasteiger charge is -2.32. The van der Waals surface area contributed by atoms with Crippen LogP contribution in [0.2, 0.25) is 5.02 Å². The van der Waals surface area contributed by atoms with E-state index in [0.717, 1.165) is 12.8 Å². The van der Waals surface area contributed by atoms with Crippen molar-refractivity contribution in [2.45, 2.75) is 12.8 Å². The van der Waals surface area contributed by atoms with Crippen molar-refractivity contribution in [3.8, 4) is 0 Å². The Morgan fingerprint density at radius 3 is 3.00 bits per heavy atom. The molecule has 0 aliphatic carbocycles. The van der Waals surface area contributed by atoms with Crippen LogP contribution in [-0.4, -0.2) is 35.6 Å². The first kappa shape index (κ1) is 13.2. The van der Waals surface area contributed by atoms with Gasteiger partial charge in [-0.25, -0.2) is 0 Å². The molecule has 0 aromatic heterocycles. The highest BCUT2D eigenvalue weighted by Gasteiger charge is 2.26. The van der Waals surface area contributed by atoms with Crippen molar-refractivity contribution >= 4 is 23.2 Å². The fourth-order valence-electron chi connectivity index (χ4n) is 2.32. The minimum atomic E-state index is -0.142. The topological polar surface area (TPSA) is 66.6 Å². The van der Waals surface area contributed by atoms with E-state index < -0.39 is 0 Å². The van der Waals surface area contributed by atoms with Crippen molar-refractivity contribution in [1.29, 1.82) is 0 Å². The Labute approximate surface area is 111 Å². The Bertz CT molecular complexity index is 430. The van der Waals surface area contributed by atoms with Gasteiger partial charge in [-0.3, -0.25) is 4.79 Å². The van der Waals surface area contributed by atoms with Crippen LogP contribution in [0, 0.1) is 5.92 Å². The number of nitrogens with two attached hydrogens (primary N) is 1. The Hall–Kier alpha value is -1.26. The van der Waals surface area contributed by atoms with E-state index in [-0.39, 0.29) is 18.4 Å². The summed E-state index contributed by atoms with van der Waals surface area (Å²) in [4.78, 5) is 14.1. The number of hydrogen-bond donors (Lipinski definition) is 2. The van der Waals surface area contributed by atoms with Crippen molar-refractivity contribution < 1.29 is 9.90 Å². The zero-order valence-corrected chi connectivity index (χ0v) is 10.9. The smallest absolute Gasteiger partial charge is 0.257 e. The number of rotatable bonds is 2. The second-order valence-corrected chi connectivity index (χ2v) is 5.05. The van der Waals surface area contributed by atoms with Gasteiger partial charge in [0.1, 0.15) is 0 Å². The minimum absolute atomic E-state index is 0.113. The standard InChI is InChI=1S/C13H17ClN2O2/c14-10-4-1-5-11(15)12(10)13(18)16-6-2-3-9(7-16)8-17/h1,4-5,9,17H,2-3,6-8,15H2. The summed E-state index contributed by atoms with van der Waals surface area (Å²) in [6.07, 6.45) is 1.86. The molecule has 0 spiro atoms. The third-order valence-corrected chi connectivity index (χ3v) is 3.64. The van der Waals surface area contributed by atoms with E-state index in [9.17, 15) is 9.90 Å². The minimum Gasteiger partial charge on any atom is -0.398 e. The Morgan fingerprint density at radius 1 is 1.56 bits per heavy atom. The molecule has 1 heterocycles. The van der Waals surface area contributed by atoms with Crippen molar-refractivity contribution in [1.82, 2.24) is 4.90 Å². The predicted molar refractivity (Wildman–Crippen MR) is 71.6 cm³/mol. The zero-order valence-electron chi connectivity index (χ0n) is 10.1. The number of aliphatic hydroxyl groups excluding tert-OH is 1. The number of carbonyl (C=O) groups is 1. The van der Waals surface area contributed by atoms with Crippen LogP contribution in [0.1, 0.15) is 23.2 Å². The highest BCUT2D eigenvalue weighted by molar-refractivity contribution is 6.34. The molecule has 0 bridgehead atoms. The maximum atomic E-state index is 12.4. The molecule has 3 N–H and O–H groups in total.